The molecule has 3 rings (SSSR count). The highest BCUT2D eigenvalue weighted by atomic mass is 16.7. The quantitative estimate of drug-likeness (QED) is 0.832. The molecule has 122 valence electrons. The van der Waals surface area contributed by atoms with Gasteiger partial charge in [-0.1, -0.05) is 0 Å². The Morgan fingerprint density at radius 2 is 2.00 bits per heavy atom. The highest BCUT2D eigenvalue weighted by Crippen LogP contribution is 2.39. The molecule has 2 aliphatic rings. The molecule has 0 aromatic heterocycles. The largest absolute Gasteiger partial charge is 0.463 e. The van der Waals surface area contributed by atoms with E-state index in [0.717, 1.165) is 11.1 Å². The molecule has 0 fully saturated rings. The maximum atomic E-state index is 12.3. The molecule has 1 aromatic carbocycles. The number of carbonyl (C=O) groups excluding carboxylic acids is 2. The number of nitrogens with one attached hydrogen (secondary N) is 2. The van der Waals surface area contributed by atoms with Gasteiger partial charge in [0.05, 0.1) is 18.2 Å². The van der Waals surface area contributed by atoms with Crippen molar-refractivity contribution >= 4 is 12.0 Å². The van der Waals surface area contributed by atoms with Crippen LogP contribution in [0.2, 0.25) is 0 Å². The summed E-state index contributed by atoms with van der Waals surface area (Å²) in [6.07, 6.45) is 0. The number of allylic oxidation sites excluding steroid dienone is 1. The topological polar surface area (TPSA) is 85.9 Å². The first-order valence-electron chi connectivity index (χ1n) is 7.36. The summed E-state index contributed by atoms with van der Waals surface area (Å²) in [6, 6.07) is 2.67. The first-order chi connectivity index (χ1) is 11.0. The number of hydrogen-bond donors (Lipinski definition) is 2. The molecular weight excluding hydrogens is 300 g/mol. The van der Waals surface area contributed by atoms with Crippen molar-refractivity contribution in [2.24, 2.45) is 0 Å². The molecule has 2 heterocycles. The second-order valence-corrected chi connectivity index (χ2v) is 5.35. The molecule has 7 nitrogen and oxygen atoms in total. The second-order valence-electron chi connectivity index (χ2n) is 5.35. The summed E-state index contributed by atoms with van der Waals surface area (Å²) in [4.78, 5) is 24.2. The highest BCUT2D eigenvalue weighted by Gasteiger charge is 2.34. The van der Waals surface area contributed by atoms with Crippen LogP contribution in [0, 0.1) is 6.92 Å². The van der Waals surface area contributed by atoms with E-state index in [0.29, 0.717) is 22.8 Å². The Bertz CT molecular complexity index is 711. The summed E-state index contributed by atoms with van der Waals surface area (Å²) in [5.41, 5.74) is 2.52. The standard InChI is InChI=1S/C16H18N2O5/c1-4-21-15(19)13-9(3)17-16(20)18-14(13)10-6-12-11(5-8(10)2)22-7-23-12/h5-6,14H,4,7H2,1-3H3,(H2,17,18,20). The lowest BCUT2D eigenvalue weighted by molar-refractivity contribution is -0.139. The van der Waals surface area contributed by atoms with Crippen LogP contribution in [0.15, 0.2) is 23.4 Å². The lowest BCUT2D eigenvalue weighted by Gasteiger charge is -2.29. The predicted octanol–water partition coefficient (Wildman–Crippen LogP) is 1.91. The Balaban J connectivity index is 2.07. The monoisotopic (exact) mass is 318 g/mol. The van der Waals surface area contributed by atoms with Crippen molar-refractivity contribution in [1.29, 1.82) is 0 Å². The minimum absolute atomic E-state index is 0.163. The number of esters is 1. The average molecular weight is 318 g/mol. The van der Waals surface area contributed by atoms with Crippen molar-refractivity contribution < 1.29 is 23.8 Å². The summed E-state index contributed by atoms with van der Waals surface area (Å²) in [5.74, 6) is 0.795. The fourth-order valence-corrected chi connectivity index (χ4v) is 2.78. The molecule has 23 heavy (non-hydrogen) atoms. The Morgan fingerprint density at radius 1 is 1.30 bits per heavy atom. The van der Waals surface area contributed by atoms with E-state index in [2.05, 4.69) is 10.6 Å². The van der Waals surface area contributed by atoms with Gasteiger partial charge in [0.1, 0.15) is 0 Å². The average Bonchev–Trinajstić information content (AvgIpc) is 2.92. The van der Waals surface area contributed by atoms with Gasteiger partial charge in [-0.15, -0.1) is 0 Å². The van der Waals surface area contributed by atoms with Gasteiger partial charge >= 0.3 is 12.0 Å². The molecule has 0 aliphatic carbocycles. The number of rotatable bonds is 3. The van der Waals surface area contributed by atoms with E-state index in [-0.39, 0.29) is 19.4 Å². The zero-order valence-electron chi connectivity index (χ0n) is 13.2. The van der Waals surface area contributed by atoms with E-state index in [1.165, 1.54) is 0 Å². The van der Waals surface area contributed by atoms with Crippen molar-refractivity contribution in [1.82, 2.24) is 10.6 Å². The Labute approximate surface area is 133 Å². The first-order valence-corrected chi connectivity index (χ1v) is 7.36. The Morgan fingerprint density at radius 3 is 2.70 bits per heavy atom. The molecule has 0 saturated heterocycles. The van der Waals surface area contributed by atoms with Crippen LogP contribution in [-0.2, 0) is 9.53 Å². The third kappa shape index (κ3) is 2.69. The highest BCUT2D eigenvalue weighted by molar-refractivity contribution is 5.95. The molecule has 0 bridgehead atoms. The number of aryl methyl sites for hydroxylation is 1. The number of carbonyl (C=O) groups is 2. The molecule has 0 saturated carbocycles. The van der Waals surface area contributed by atoms with E-state index in [4.69, 9.17) is 14.2 Å². The summed E-state index contributed by atoms with van der Waals surface area (Å²) < 4.78 is 15.9. The zero-order chi connectivity index (χ0) is 16.6. The van der Waals surface area contributed by atoms with Crippen LogP contribution in [0.3, 0.4) is 0 Å². The molecule has 2 aliphatic heterocycles. The molecule has 1 unspecified atom stereocenters. The van der Waals surface area contributed by atoms with Gasteiger partial charge in [-0.2, -0.15) is 0 Å². The van der Waals surface area contributed by atoms with E-state index >= 15 is 0 Å². The van der Waals surface area contributed by atoms with Crippen molar-refractivity contribution in [2.75, 3.05) is 13.4 Å². The van der Waals surface area contributed by atoms with Gasteiger partial charge in [-0.25, -0.2) is 9.59 Å². The predicted molar refractivity (Wildman–Crippen MR) is 81.0 cm³/mol. The lowest BCUT2D eigenvalue weighted by Crippen LogP contribution is -2.45. The van der Waals surface area contributed by atoms with Crippen LogP contribution in [0.4, 0.5) is 4.79 Å². The van der Waals surface area contributed by atoms with Crippen LogP contribution < -0.4 is 20.1 Å². The molecule has 2 N–H and O–H groups in total. The summed E-state index contributed by atoms with van der Waals surface area (Å²) in [7, 11) is 0. The van der Waals surface area contributed by atoms with Crippen LogP contribution in [-0.4, -0.2) is 25.4 Å². The molecule has 2 amide bonds. The van der Waals surface area contributed by atoms with Gasteiger partial charge in [-0.05, 0) is 44.0 Å². The van der Waals surface area contributed by atoms with Gasteiger partial charge in [0, 0.05) is 5.70 Å². The van der Waals surface area contributed by atoms with Gasteiger partial charge in [0.2, 0.25) is 6.79 Å². The fourth-order valence-electron chi connectivity index (χ4n) is 2.78. The number of fused-ring (bicyclic) bond motifs is 1. The number of hydrogen-bond acceptors (Lipinski definition) is 5. The molecular formula is C16H18N2O5. The van der Waals surface area contributed by atoms with E-state index in [9.17, 15) is 9.59 Å². The molecule has 7 heteroatoms. The first kappa shape index (κ1) is 15.2. The third-order valence-electron chi connectivity index (χ3n) is 3.84. The second kappa shape index (κ2) is 5.83. The minimum atomic E-state index is -0.600. The van der Waals surface area contributed by atoms with Gasteiger partial charge in [-0.3, -0.25) is 0 Å². The van der Waals surface area contributed by atoms with Gasteiger partial charge < -0.3 is 24.8 Å². The summed E-state index contributed by atoms with van der Waals surface area (Å²) in [6.45, 7) is 5.74. The molecule has 1 atom stereocenters. The minimum Gasteiger partial charge on any atom is -0.463 e. The Hall–Kier alpha value is -2.70. The van der Waals surface area contributed by atoms with Crippen molar-refractivity contribution in [3.63, 3.8) is 0 Å². The smallest absolute Gasteiger partial charge is 0.338 e. The maximum absolute atomic E-state index is 12.3. The van der Waals surface area contributed by atoms with Crippen molar-refractivity contribution in [3.8, 4) is 11.5 Å². The van der Waals surface area contributed by atoms with Crippen molar-refractivity contribution in [3.05, 3.63) is 34.5 Å². The fraction of sp³-hybridized carbons (Fsp3) is 0.375. The lowest BCUT2D eigenvalue weighted by atomic mass is 9.92. The summed E-state index contributed by atoms with van der Waals surface area (Å²) >= 11 is 0. The number of amides is 2. The van der Waals surface area contributed by atoms with Crippen LogP contribution in [0.25, 0.3) is 0 Å². The molecule has 0 radical (unpaired) electrons. The molecule has 1 aromatic rings. The van der Waals surface area contributed by atoms with E-state index < -0.39 is 12.0 Å². The summed E-state index contributed by atoms with van der Waals surface area (Å²) in [5, 5.41) is 5.39. The number of benzene rings is 1. The van der Waals surface area contributed by atoms with E-state index in [1.807, 2.05) is 13.0 Å². The zero-order valence-corrected chi connectivity index (χ0v) is 13.2. The van der Waals surface area contributed by atoms with Crippen molar-refractivity contribution in [2.45, 2.75) is 26.8 Å². The number of ether oxygens (including phenoxy) is 3. The maximum Gasteiger partial charge on any atom is 0.338 e. The van der Waals surface area contributed by atoms with Crippen LogP contribution in [0.1, 0.15) is 31.0 Å². The third-order valence-corrected chi connectivity index (χ3v) is 3.84. The van der Waals surface area contributed by atoms with Crippen LogP contribution >= 0.6 is 0 Å². The SMILES string of the molecule is CCOC(=O)C1=C(C)NC(=O)NC1c1cc2c(cc1C)OCO2. The molecule has 0 spiro atoms. The number of urea groups is 1. The van der Waals surface area contributed by atoms with Crippen LogP contribution in [0.5, 0.6) is 11.5 Å². The van der Waals surface area contributed by atoms with Gasteiger partial charge in [0.25, 0.3) is 0 Å². The van der Waals surface area contributed by atoms with Gasteiger partial charge in [0.15, 0.2) is 11.5 Å². The Kier molecular flexibility index (Phi) is 3.85. The normalized spacial score (nSPS) is 19.3. The van der Waals surface area contributed by atoms with E-state index in [1.54, 1.807) is 19.9 Å².